The van der Waals surface area contributed by atoms with E-state index in [9.17, 15) is 4.79 Å². The van der Waals surface area contributed by atoms with E-state index in [-0.39, 0.29) is 17.7 Å². The Morgan fingerprint density at radius 2 is 1.90 bits per heavy atom. The first-order chi connectivity index (χ1) is 14.6. The van der Waals surface area contributed by atoms with Gasteiger partial charge >= 0.3 is 6.01 Å². The molecule has 0 aliphatic heterocycles. The number of carbonyl (C=O) groups excluding carboxylic acids is 1. The van der Waals surface area contributed by atoms with Crippen molar-refractivity contribution in [1.82, 2.24) is 34.7 Å². The van der Waals surface area contributed by atoms with Gasteiger partial charge < -0.3 is 14.6 Å². The topological polar surface area (TPSA) is 121 Å². The second-order valence-corrected chi connectivity index (χ2v) is 6.53. The van der Waals surface area contributed by atoms with Gasteiger partial charge in [0.1, 0.15) is 29.3 Å². The number of nitrogens with zero attached hydrogens (tertiary/aromatic N) is 7. The van der Waals surface area contributed by atoms with Crippen molar-refractivity contribution in [1.29, 1.82) is 0 Å². The van der Waals surface area contributed by atoms with Crippen LogP contribution >= 0.6 is 0 Å². The standard InChI is InChI=1S/C20H18N8O2/c1-13(2)28-12-24-27-18(28)15-5-3-6-17(25-15)26-19(29)16-11-14(7-10-21-16)30-20-22-8-4-9-23-20/h3-13H,1-2H3,(H,25,26,29). The fourth-order valence-corrected chi connectivity index (χ4v) is 2.66. The van der Waals surface area contributed by atoms with Crippen molar-refractivity contribution in [3.63, 3.8) is 0 Å². The van der Waals surface area contributed by atoms with Crippen molar-refractivity contribution in [3.05, 3.63) is 67.0 Å². The lowest BCUT2D eigenvalue weighted by Gasteiger charge is -2.10. The zero-order valence-corrected chi connectivity index (χ0v) is 16.3. The number of amides is 1. The first-order valence-corrected chi connectivity index (χ1v) is 9.19. The molecule has 4 rings (SSSR count). The normalized spacial score (nSPS) is 10.8. The number of nitrogens with one attached hydrogen (secondary N) is 1. The van der Waals surface area contributed by atoms with Crippen molar-refractivity contribution >= 4 is 11.7 Å². The van der Waals surface area contributed by atoms with E-state index in [1.807, 2.05) is 24.5 Å². The zero-order valence-electron chi connectivity index (χ0n) is 16.3. The smallest absolute Gasteiger partial charge is 0.321 e. The van der Waals surface area contributed by atoms with Gasteiger partial charge in [0.05, 0.1) is 0 Å². The summed E-state index contributed by atoms with van der Waals surface area (Å²) in [6, 6.07) is 10.4. The predicted octanol–water partition coefficient (Wildman–Crippen LogP) is 3.15. The van der Waals surface area contributed by atoms with Crippen LogP contribution in [0.5, 0.6) is 11.8 Å². The molecule has 0 aromatic carbocycles. The van der Waals surface area contributed by atoms with Crippen LogP contribution in [0.4, 0.5) is 5.82 Å². The van der Waals surface area contributed by atoms with Gasteiger partial charge in [-0.3, -0.25) is 9.78 Å². The fraction of sp³-hybridized carbons (Fsp3) is 0.150. The summed E-state index contributed by atoms with van der Waals surface area (Å²) < 4.78 is 7.45. The Kier molecular flexibility index (Phi) is 5.37. The molecule has 0 aliphatic rings. The van der Waals surface area contributed by atoms with Crippen molar-refractivity contribution in [3.8, 4) is 23.3 Å². The number of ether oxygens (including phenoxy) is 1. The van der Waals surface area contributed by atoms with Gasteiger partial charge in [-0.1, -0.05) is 6.07 Å². The van der Waals surface area contributed by atoms with Gasteiger partial charge in [0.15, 0.2) is 5.82 Å². The largest absolute Gasteiger partial charge is 0.424 e. The van der Waals surface area contributed by atoms with Crippen LogP contribution in [0.15, 0.2) is 61.3 Å². The predicted molar refractivity (Wildman–Crippen MR) is 108 cm³/mol. The highest BCUT2D eigenvalue weighted by molar-refractivity contribution is 6.02. The molecule has 0 saturated heterocycles. The highest BCUT2D eigenvalue weighted by Gasteiger charge is 2.14. The monoisotopic (exact) mass is 402 g/mol. The van der Waals surface area contributed by atoms with Crippen LogP contribution in [0.2, 0.25) is 0 Å². The van der Waals surface area contributed by atoms with Gasteiger partial charge in [-0.2, -0.15) is 0 Å². The number of carbonyl (C=O) groups is 1. The molecule has 0 atom stereocenters. The van der Waals surface area contributed by atoms with E-state index in [4.69, 9.17) is 4.74 Å². The lowest BCUT2D eigenvalue weighted by molar-refractivity contribution is 0.102. The Labute approximate surface area is 172 Å². The Bertz CT molecular complexity index is 1160. The lowest BCUT2D eigenvalue weighted by atomic mass is 10.3. The maximum Gasteiger partial charge on any atom is 0.321 e. The lowest BCUT2D eigenvalue weighted by Crippen LogP contribution is -2.15. The number of aromatic nitrogens is 7. The zero-order chi connectivity index (χ0) is 20.9. The maximum atomic E-state index is 12.7. The summed E-state index contributed by atoms with van der Waals surface area (Å²) in [5.41, 5.74) is 0.770. The Hall–Kier alpha value is -4.21. The molecule has 0 saturated carbocycles. The van der Waals surface area contributed by atoms with Gasteiger partial charge in [0, 0.05) is 30.7 Å². The van der Waals surface area contributed by atoms with Crippen LogP contribution in [-0.2, 0) is 0 Å². The molecule has 30 heavy (non-hydrogen) atoms. The summed E-state index contributed by atoms with van der Waals surface area (Å²) in [5, 5.41) is 10.8. The van der Waals surface area contributed by atoms with Crippen LogP contribution in [-0.4, -0.2) is 40.6 Å². The molecule has 4 aromatic heterocycles. The number of pyridine rings is 2. The second kappa shape index (κ2) is 8.43. The minimum absolute atomic E-state index is 0.168. The van der Waals surface area contributed by atoms with Crippen molar-refractivity contribution in [2.45, 2.75) is 19.9 Å². The molecule has 0 radical (unpaired) electrons. The molecule has 0 fully saturated rings. The minimum Gasteiger partial charge on any atom is -0.424 e. The quantitative estimate of drug-likeness (QED) is 0.522. The first kappa shape index (κ1) is 19.1. The van der Waals surface area contributed by atoms with Crippen LogP contribution in [0.1, 0.15) is 30.4 Å². The summed E-state index contributed by atoms with van der Waals surface area (Å²) in [6.45, 7) is 4.05. The van der Waals surface area contributed by atoms with E-state index in [1.165, 1.54) is 12.3 Å². The molecule has 10 heteroatoms. The third kappa shape index (κ3) is 4.27. The van der Waals surface area contributed by atoms with Crippen LogP contribution in [0.25, 0.3) is 11.5 Å². The molecule has 0 aliphatic carbocycles. The molecule has 1 N–H and O–H groups in total. The van der Waals surface area contributed by atoms with Gasteiger partial charge in [0.2, 0.25) is 0 Å². The average molecular weight is 402 g/mol. The number of rotatable bonds is 6. The minimum atomic E-state index is -0.426. The number of hydrogen-bond donors (Lipinski definition) is 1. The third-order valence-electron chi connectivity index (χ3n) is 4.06. The first-order valence-electron chi connectivity index (χ1n) is 9.19. The molecule has 1 amide bonds. The summed E-state index contributed by atoms with van der Waals surface area (Å²) >= 11 is 0. The highest BCUT2D eigenvalue weighted by Crippen LogP contribution is 2.21. The molecule has 0 spiro atoms. The molecule has 0 bridgehead atoms. The van der Waals surface area contributed by atoms with E-state index in [1.54, 1.807) is 43.0 Å². The second-order valence-electron chi connectivity index (χ2n) is 6.53. The third-order valence-corrected chi connectivity index (χ3v) is 4.06. The molecule has 10 nitrogen and oxygen atoms in total. The molecular weight excluding hydrogens is 384 g/mol. The van der Waals surface area contributed by atoms with Gasteiger partial charge in [-0.15, -0.1) is 10.2 Å². The van der Waals surface area contributed by atoms with Gasteiger partial charge in [-0.05, 0) is 38.1 Å². The highest BCUT2D eigenvalue weighted by atomic mass is 16.5. The Morgan fingerprint density at radius 3 is 2.70 bits per heavy atom. The molecule has 4 aromatic rings. The summed E-state index contributed by atoms with van der Waals surface area (Å²) in [7, 11) is 0. The summed E-state index contributed by atoms with van der Waals surface area (Å²) in [6.07, 6.45) is 6.26. The molecule has 4 heterocycles. The average Bonchev–Trinajstić information content (AvgIpc) is 3.25. The van der Waals surface area contributed by atoms with E-state index < -0.39 is 5.91 Å². The van der Waals surface area contributed by atoms with Gasteiger partial charge in [-0.25, -0.2) is 15.0 Å². The van der Waals surface area contributed by atoms with E-state index in [0.29, 0.717) is 23.1 Å². The molecule has 0 unspecified atom stereocenters. The van der Waals surface area contributed by atoms with Crippen LogP contribution in [0.3, 0.4) is 0 Å². The molecular formula is C20H18N8O2. The number of hydrogen-bond acceptors (Lipinski definition) is 8. The molecule has 150 valence electrons. The fourth-order valence-electron chi connectivity index (χ4n) is 2.66. The van der Waals surface area contributed by atoms with Gasteiger partial charge in [0.25, 0.3) is 5.91 Å². The van der Waals surface area contributed by atoms with Crippen molar-refractivity contribution in [2.75, 3.05) is 5.32 Å². The van der Waals surface area contributed by atoms with Crippen LogP contribution < -0.4 is 10.1 Å². The van der Waals surface area contributed by atoms with Crippen molar-refractivity contribution < 1.29 is 9.53 Å². The Morgan fingerprint density at radius 1 is 1.07 bits per heavy atom. The van der Waals surface area contributed by atoms with E-state index >= 15 is 0 Å². The SMILES string of the molecule is CC(C)n1cnnc1-c1cccc(NC(=O)c2cc(Oc3ncccn3)ccn2)n1. The maximum absolute atomic E-state index is 12.7. The number of anilines is 1. The van der Waals surface area contributed by atoms with Crippen LogP contribution in [0, 0.1) is 0 Å². The Balaban J connectivity index is 1.52. The van der Waals surface area contributed by atoms with Crippen molar-refractivity contribution in [2.24, 2.45) is 0 Å². The summed E-state index contributed by atoms with van der Waals surface area (Å²) in [4.78, 5) is 29.2. The summed E-state index contributed by atoms with van der Waals surface area (Å²) in [5.74, 6) is 0.963. The van der Waals surface area contributed by atoms with E-state index in [0.717, 1.165) is 0 Å². The van der Waals surface area contributed by atoms with E-state index in [2.05, 4.69) is 35.5 Å².